The maximum Gasteiger partial charge on any atom is 0.251 e. The molecule has 0 spiro atoms. The van der Waals surface area contributed by atoms with Crippen molar-refractivity contribution in [2.45, 2.75) is 38.5 Å². The van der Waals surface area contributed by atoms with Crippen molar-refractivity contribution in [2.24, 2.45) is 0 Å². The summed E-state index contributed by atoms with van der Waals surface area (Å²) in [7, 11) is 0. The van der Waals surface area contributed by atoms with Crippen molar-refractivity contribution < 1.29 is 9.53 Å². The molecule has 0 radical (unpaired) electrons. The van der Waals surface area contributed by atoms with Gasteiger partial charge in [0, 0.05) is 49.4 Å². The summed E-state index contributed by atoms with van der Waals surface area (Å²) in [6.45, 7) is 4.97. The highest BCUT2D eigenvalue weighted by molar-refractivity contribution is 7.98. The number of hydrogen-bond acceptors (Lipinski definition) is 5. The van der Waals surface area contributed by atoms with Gasteiger partial charge in [-0.2, -0.15) is 11.8 Å². The lowest BCUT2D eigenvalue weighted by atomic mass is 10.1. The second-order valence-corrected chi connectivity index (χ2v) is 8.13. The Labute approximate surface area is 171 Å². The van der Waals surface area contributed by atoms with E-state index in [1.54, 1.807) is 12.4 Å². The third-order valence-corrected chi connectivity index (χ3v) is 5.95. The molecular weight excluding hydrogens is 370 g/mol. The Hall–Kier alpha value is -2.05. The minimum Gasteiger partial charge on any atom is -0.490 e. The molecule has 1 unspecified atom stereocenters. The predicted octanol–water partition coefficient (Wildman–Crippen LogP) is 3.61. The standard InChI is InChI=1S/C22H29N3O2S/c1-17(16-28-2)25-13-9-21(10-14-25)27-20-5-3-19(4-6-20)22(26)24-15-18-7-11-23-12-8-18/h3-8,11-12,17,21H,9-10,13-16H2,1-2H3,(H,24,26). The summed E-state index contributed by atoms with van der Waals surface area (Å²) < 4.78 is 6.14. The molecule has 0 aliphatic carbocycles. The van der Waals surface area contributed by atoms with Crippen LogP contribution in [0.25, 0.3) is 0 Å². The molecule has 6 heteroatoms. The number of thioether (sulfide) groups is 1. The number of aromatic nitrogens is 1. The van der Waals surface area contributed by atoms with Crippen LogP contribution < -0.4 is 10.1 Å². The quantitative estimate of drug-likeness (QED) is 0.735. The van der Waals surface area contributed by atoms with Gasteiger partial charge in [-0.05, 0) is 68.0 Å². The smallest absolute Gasteiger partial charge is 0.251 e. The van der Waals surface area contributed by atoms with Gasteiger partial charge in [-0.3, -0.25) is 14.7 Å². The van der Waals surface area contributed by atoms with Crippen LogP contribution in [0.15, 0.2) is 48.8 Å². The van der Waals surface area contributed by atoms with Crippen molar-refractivity contribution >= 4 is 17.7 Å². The molecule has 0 bridgehead atoms. The number of nitrogens with zero attached hydrogens (tertiary/aromatic N) is 2. The number of nitrogens with one attached hydrogen (secondary N) is 1. The number of ether oxygens (including phenoxy) is 1. The van der Waals surface area contributed by atoms with Crippen LogP contribution >= 0.6 is 11.8 Å². The summed E-state index contributed by atoms with van der Waals surface area (Å²) in [4.78, 5) is 18.8. The second kappa shape index (κ2) is 10.5. The summed E-state index contributed by atoms with van der Waals surface area (Å²) in [5, 5.41) is 2.93. The Bertz CT molecular complexity index is 731. The Morgan fingerprint density at radius 2 is 1.89 bits per heavy atom. The molecule has 1 fully saturated rings. The van der Waals surface area contributed by atoms with E-state index in [0.29, 0.717) is 18.2 Å². The summed E-state index contributed by atoms with van der Waals surface area (Å²) in [5.74, 6) is 1.93. The van der Waals surface area contributed by atoms with E-state index < -0.39 is 0 Å². The zero-order chi connectivity index (χ0) is 19.8. The molecule has 5 nitrogen and oxygen atoms in total. The maximum atomic E-state index is 12.3. The first-order chi connectivity index (χ1) is 13.7. The largest absolute Gasteiger partial charge is 0.490 e. The Balaban J connectivity index is 1.45. The lowest BCUT2D eigenvalue weighted by molar-refractivity contribution is 0.0853. The number of pyridine rings is 1. The highest BCUT2D eigenvalue weighted by Gasteiger charge is 2.23. The van der Waals surface area contributed by atoms with Crippen molar-refractivity contribution in [1.29, 1.82) is 0 Å². The molecule has 150 valence electrons. The first-order valence-electron chi connectivity index (χ1n) is 9.82. The molecule has 1 amide bonds. The van der Waals surface area contributed by atoms with Crippen LogP contribution in [0, 0.1) is 0 Å². The lowest BCUT2D eigenvalue weighted by Crippen LogP contribution is -2.43. The Morgan fingerprint density at radius 1 is 1.21 bits per heavy atom. The molecular formula is C22H29N3O2S. The minimum absolute atomic E-state index is 0.0838. The molecule has 1 aromatic carbocycles. The SMILES string of the molecule is CSCC(C)N1CCC(Oc2ccc(C(=O)NCc3ccncc3)cc2)CC1. The van der Waals surface area contributed by atoms with Gasteiger partial charge in [-0.15, -0.1) is 0 Å². The average molecular weight is 400 g/mol. The van der Waals surface area contributed by atoms with Crippen LogP contribution in [0.4, 0.5) is 0 Å². The molecule has 28 heavy (non-hydrogen) atoms. The number of rotatable bonds is 8. The van der Waals surface area contributed by atoms with Crippen LogP contribution in [0.1, 0.15) is 35.7 Å². The average Bonchev–Trinajstić information content (AvgIpc) is 2.74. The van der Waals surface area contributed by atoms with Crippen molar-refractivity contribution in [3.8, 4) is 5.75 Å². The first kappa shape index (κ1) is 20.7. The lowest BCUT2D eigenvalue weighted by Gasteiger charge is -2.35. The van der Waals surface area contributed by atoms with Gasteiger partial charge in [0.2, 0.25) is 0 Å². The third-order valence-electron chi connectivity index (χ3n) is 5.13. The number of carbonyl (C=O) groups excluding carboxylic acids is 1. The molecule has 1 saturated heterocycles. The van der Waals surface area contributed by atoms with Crippen molar-refractivity contribution in [1.82, 2.24) is 15.2 Å². The molecule has 3 rings (SSSR count). The topological polar surface area (TPSA) is 54.5 Å². The fraction of sp³-hybridized carbons (Fsp3) is 0.455. The Kier molecular flexibility index (Phi) is 7.74. The number of likely N-dealkylation sites (tertiary alicyclic amines) is 1. The van der Waals surface area contributed by atoms with Gasteiger partial charge in [0.1, 0.15) is 11.9 Å². The van der Waals surface area contributed by atoms with Gasteiger partial charge in [0.15, 0.2) is 0 Å². The summed E-state index contributed by atoms with van der Waals surface area (Å²) in [6.07, 6.45) is 7.96. The third kappa shape index (κ3) is 5.97. The second-order valence-electron chi connectivity index (χ2n) is 7.22. The molecule has 1 N–H and O–H groups in total. The van der Waals surface area contributed by atoms with Crippen LogP contribution in [0.5, 0.6) is 5.75 Å². The van der Waals surface area contributed by atoms with E-state index in [1.165, 1.54) is 5.75 Å². The van der Waals surface area contributed by atoms with E-state index in [9.17, 15) is 4.79 Å². The summed E-state index contributed by atoms with van der Waals surface area (Å²) in [6, 6.07) is 11.9. The van der Waals surface area contributed by atoms with E-state index in [1.807, 2.05) is 48.2 Å². The van der Waals surface area contributed by atoms with Crippen LogP contribution in [-0.4, -0.2) is 53.0 Å². The maximum absolute atomic E-state index is 12.3. The zero-order valence-corrected chi connectivity index (χ0v) is 17.5. The fourth-order valence-corrected chi connectivity index (χ4v) is 4.14. The predicted molar refractivity (Wildman–Crippen MR) is 115 cm³/mol. The van der Waals surface area contributed by atoms with Crippen LogP contribution in [-0.2, 0) is 6.54 Å². The molecule has 1 atom stereocenters. The van der Waals surface area contributed by atoms with E-state index in [0.717, 1.165) is 37.2 Å². The van der Waals surface area contributed by atoms with Gasteiger partial charge in [0.05, 0.1) is 0 Å². The molecule has 1 aromatic heterocycles. The summed E-state index contributed by atoms with van der Waals surface area (Å²) >= 11 is 1.90. The van der Waals surface area contributed by atoms with Crippen molar-refractivity contribution in [3.63, 3.8) is 0 Å². The molecule has 0 saturated carbocycles. The number of amides is 1. The normalized spacial score (nSPS) is 16.5. The monoisotopic (exact) mass is 399 g/mol. The highest BCUT2D eigenvalue weighted by atomic mass is 32.2. The van der Waals surface area contributed by atoms with Crippen molar-refractivity contribution in [2.75, 3.05) is 25.1 Å². The molecule has 1 aliphatic heterocycles. The summed E-state index contributed by atoms with van der Waals surface area (Å²) in [5.41, 5.74) is 1.67. The number of hydrogen-bond donors (Lipinski definition) is 1. The minimum atomic E-state index is -0.0838. The number of piperidine rings is 1. The highest BCUT2D eigenvalue weighted by Crippen LogP contribution is 2.21. The first-order valence-corrected chi connectivity index (χ1v) is 11.2. The molecule has 2 aromatic rings. The fourth-order valence-electron chi connectivity index (χ4n) is 3.44. The number of carbonyl (C=O) groups is 1. The van der Waals surface area contributed by atoms with E-state index in [4.69, 9.17) is 4.74 Å². The Morgan fingerprint density at radius 3 is 2.54 bits per heavy atom. The van der Waals surface area contributed by atoms with Gasteiger partial charge in [-0.1, -0.05) is 0 Å². The van der Waals surface area contributed by atoms with Gasteiger partial charge in [0.25, 0.3) is 5.91 Å². The number of benzene rings is 1. The van der Waals surface area contributed by atoms with E-state index >= 15 is 0 Å². The van der Waals surface area contributed by atoms with E-state index in [-0.39, 0.29) is 12.0 Å². The van der Waals surface area contributed by atoms with E-state index in [2.05, 4.69) is 28.4 Å². The molecule has 2 heterocycles. The van der Waals surface area contributed by atoms with Gasteiger partial charge in [-0.25, -0.2) is 0 Å². The zero-order valence-electron chi connectivity index (χ0n) is 16.6. The van der Waals surface area contributed by atoms with Gasteiger partial charge >= 0.3 is 0 Å². The van der Waals surface area contributed by atoms with Crippen LogP contribution in [0.3, 0.4) is 0 Å². The van der Waals surface area contributed by atoms with Crippen LogP contribution in [0.2, 0.25) is 0 Å². The van der Waals surface area contributed by atoms with Gasteiger partial charge < -0.3 is 10.1 Å². The molecule has 1 aliphatic rings. The van der Waals surface area contributed by atoms with Crippen molar-refractivity contribution in [3.05, 3.63) is 59.9 Å².